The van der Waals surface area contributed by atoms with Crippen molar-refractivity contribution >= 4 is 25.7 Å². The summed E-state index contributed by atoms with van der Waals surface area (Å²) in [6.45, 7) is 2.79. The van der Waals surface area contributed by atoms with Crippen LogP contribution >= 0.6 is 7.82 Å². The maximum atomic E-state index is 12.5. The summed E-state index contributed by atoms with van der Waals surface area (Å²) in [6, 6.07) is -1.51. The molecule has 4 N–H and O–H groups in total. The Morgan fingerprint density at radius 3 is 1.21 bits per heavy atom. The second-order valence-electron chi connectivity index (χ2n) is 14.5. The lowest BCUT2D eigenvalue weighted by Crippen LogP contribution is -2.34. The van der Waals surface area contributed by atoms with Gasteiger partial charge in [0.05, 0.1) is 13.2 Å². The Balaban J connectivity index is 4.22. The maximum absolute atomic E-state index is 12.5. The average molecular weight is 764 g/mol. The summed E-state index contributed by atoms with van der Waals surface area (Å²) in [7, 11) is -4.70. The van der Waals surface area contributed by atoms with Crippen LogP contribution in [0.4, 0.5) is 0 Å². The number of esters is 2. The molecular formula is C40H78NO10P. The lowest BCUT2D eigenvalue weighted by molar-refractivity contribution is -0.161. The zero-order valence-electron chi connectivity index (χ0n) is 33.2. The van der Waals surface area contributed by atoms with Crippen LogP contribution in [0.2, 0.25) is 0 Å². The molecule has 0 saturated heterocycles. The van der Waals surface area contributed by atoms with E-state index in [2.05, 4.69) is 18.4 Å². The van der Waals surface area contributed by atoms with Crippen LogP contribution in [0.3, 0.4) is 0 Å². The highest BCUT2D eigenvalue weighted by molar-refractivity contribution is 7.47. The van der Waals surface area contributed by atoms with Crippen molar-refractivity contribution in [3.8, 4) is 0 Å². The van der Waals surface area contributed by atoms with Gasteiger partial charge in [0.25, 0.3) is 0 Å². The SMILES string of the molecule is CCCCCCCCCCCCCCCCCCCCCC(=O)OC[C@H](COP(=O)(O)OC[C@H](N)C(=O)O)OC(=O)CCCCCCCCCCC. The lowest BCUT2D eigenvalue weighted by Gasteiger charge is -2.20. The molecule has 11 nitrogen and oxygen atoms in total. The van der Waals surface area contributed by atoms with Crippen molar-refractivity contribution in [3.63, 3.8) is 0 Å². The number of aliphatic carboxylic acids is 1. The van der Waals surface area contributed by atoms with Crippen molar-refractivity contribution in [2.75, 3.05) is 19.8 Å². The van der Waals surface area contributed by atoms with Crippen LogP contribution in [0.25, 0.3) is 0 Å². The number of carbonyl (C=O) groups is 3. The smallest absolute Gasteiger partial charge is 0.472 e. The number of ether oxygens (including phenoxy) is 2. The molecule has 0 fully saturated rings. The van der Waals surface area contributed by atoms with Gasteiger partial charge in [-0.25, -0.2) is 4.57 Å². The molecule has 0 aromatic rings. The molecule has 0 bridgehead atoms. The van der Waals surface area contributed by atoms with Crippen LogP contribution in [0.1, 0.15) is 206 Å². The van der Waals surface area contributed by atoms with Crippen LogP contribution < -0.4 is 5.73 Å². The molecular weight excluding hydrogens is 685 g/mol. The predicted molar refractivity (Wildman–Crippen MR) is 208 cm³/mol. The predicted octanol–water partition coefficient (Wildman–Crippen LogP) is 10.7. The molecule has 52 heavy (non-hydrogen) atoms. The summed E-state index contributed by atoms with van der Waals surface area (Å²) in [5.41, 5.74) is 5.32. The third-order valence-corrected chi connectivity index (χ3v) is 10.3. The van der Waals surface area contributed by atoms with Gasteiger partial charge >= 0.3 is 25.7 Å². The van der Waals surface area contributed by atoms with Crippen molar-refractivity contribution in [3.05, 3.63) is 0 Å². The van der Waals surface area contributed by atoms with Crippen LogP contribution in [-0.2, 0) is 37.5 Å². The van der Waals surface area contributed by atoms with Crippen molar-refractivity contribution < 1.29 is 47.5 Å². The zero-order valence-corrected chi connectivity index (χ0v) is 34.1. The molecule has 0 aliphatic rings. The van der Waals surface area contributed by atoms with Crippen LogP contribution in [-0.4, -0.2) is 59.9 Å². The maximum Gasteiger partial charge on any atom is 0.472 e. The highest BCUT2D eigenvalue weighted by Gasteiger charge is 2.28. The Morgan fingerprint density at radius 2 is 0.846 bits per heavy atom. The van der Waals surface area contributed by atoms with E-state index in [0.29, 0.717) is 12.8 Å². The fourth-order valence-electron chi connectivity index (χ4n) is 6.01. The van der Waals surface area contributed by atoms with Crippen molar-refractivity contribution in [1.82, 2.24) is 0 Å². The third kappa shape index (κ3) is 35.5. The number of carboxylic acids is 1. The average Bonchev–Trinajstić information content (AvgIpc) is 3.12. The largest absolute Gasteiger partial charge is 0.480 e. The minimum Gasteiger partial charge on any atom is -0.480 e. The first-order chi connectivity index (χ1) is 25.1. The molecule has 12 heteroatoms. The van der Waals surface area contributed by atoms with Gasteiger partial charge in [-0.1, -0.05) is 181 Å². The normalized spacial score (nSPS) is 13.8. The standard InChI is InChI=1S/C40H78NO10P/c1-3-5-7-9-11-13-14-15-16-17-18-19-20-21-22-24-25-27-29-31-38(42)48-33-36(34-49-52(46,47)50-35-37(41)40(44)45)51-39(43)32-30-28-26-23-12-10-8-6-4-2/h36-37H,3-35,41H2,1-2H3,(H,44,45)(H,46,47)/t36-,37+/m1/s1. The first kappa shape index (κ1) is 50.5. The second kappa shape index (κ2) is 36.5. The molecule has 0 aliphatic heterocycles. The van der Waals surface area contributed by atoms with E-state index >= 15 is 0 Å². The summed E-state index contributed by atoms with van der Waals surface area (Å²) >= 11 is 0. The molecule has 0 spiro atoms. The fourth-order valence-corrected chi connectivity index (χ4v) is 6.79. The monoisotopic (exact) mass is 764 g/mol. The quantitative estimate of drug-likeness (QED) is 0.0308. The summed E-state index contributed by atoms with van der Waals surface area (Å²) < 4.78 is 32.6. The Hall–Kier alpha value is -1.52. The number of rotatable bonds is 40. The molecule has 1 unspecified atom stereocenters. The van der Waals surface area contributed by atoms with Gasteiger partial charge in [-0.2, -0.15) is 0 Å². The van der Waals surface area contributed by atoms with Crippen LogP contribution in [0, 0.1) is 0 Å². The van der Waals surface area contributed by atoms with Crippen molar-refractivity contribution in [2.45, 2.75) is 219 Å². The van der Waals surface area contributed by atoms with Gasteiger partial charge in [0.1, 0.15) is 12.6 Å². The van der Waals surface area contributed by atoms with Gasteiger partial charge in [0.2, 0.25) is 0 Å². The third-order valence-electron chi connectivity index (χ3n) is 9.36. The molecule has 0 aliphatic carbocycles. The highest BCUT2D eigenvalue weighted by Crippen LogP contribution is 2.43. The summed E-state index contributed by atoms with van der Waals surface area (Å²) in [6.07, 6.45) is 33.3. The van der Waals surface area contributed by atoms with Gasteiger partial charge in [-0.3, -0.25) is 23.4 Å². The number of hydrogen-bond donors (Lipinski definition) is 3. The minimum atomic E-state index is -4.70. The Bertz CT molecular complexity index is 906. The topological polar surface area (TPSA) is 172 Å². The van der Waals surface area contributed by atoms with Gasteiger partial charge in [0, 0.05) is 12.8 Å². The number of unbranched alkanes of at least 4 members (excludes halogenated alkanes) is 26. The van der Waals surface area contributed by atoms with Gasteiger partial charge in [-0.05, 0) is 12.8 Å². The molecule has 3 atom stereocenters. The fraction of sp³-hybridized carbons (Fsp3) is 0.925. The van der Waals surface area contributed by atoms with E-state index in [0.717, 1.165) is 38.5 Å². The van der Waals surface area contributed by atoms with Gasteiger partial charge < -0.3 is 25.2 Å². The Labute approximate surface area is 316 Å². The molecule has 0 radical (unpaired) electrons. The first-order valence-electron chi connectivity index (χ1n) is 21.1. The van der Waals surface area contributed by atoms with Crippen molar-refractivity contribution in [2.24, 2.45) is 5.73 Å². The molecule has 0 heterocycles. The molecule has 0 aromatic heterocycles. The Morgan fingerprint density at radius 1 is 0.519 bits per heavy atom. The molecule has 0 amide bonds. The number of phosphoric ester groups is 1. The first-order valence-corrected chi connectivity index (χ1v) is 22.6. The van der Waals surface area contributed by atoms with E-state index in [4.69, 9.17) is 24.8 Å². The number of hydrogen-bond acceptors (Lipinski definition) is 9. The van der Waals surface area contributed by atoms with E-state index in [-0.39, 0.29) is 19.4 Å². The summed E-state index contributed by atoms with van der Waals surface area (Å²) in [5.74, 6) is -2.36. The summed E-state index contributed by atoms with van der Waals surface area (Å²) in [5, 5.41) is 8.86. The molecule has 308 valence electrons. The van der Waals surface area contributed by atoms with Crippen LogP contribution in [0.15, 0.2) is 0 Å². The second-order valence-corrected chi connectivity index (χ2v) is 15.9. The highest BCUT2D eigenvalue weighted by atomic mass is 31.2. The summed E-state index contributed by atoms with van der Waals surface area (Å²) in [4.78, 5) is 45.7. The number of nitrogens with two attached hydrogens (primary N) is 1. The van der Waals surface area contributed by atoms with Crippen molar-refractivity contribution in [1.29, 1.82) is 0 Å². The van der Waals surface area contributed by atoms with E-state index in [1.807, 2.05) is 0 Å². The van der Waals surface area contributed by atoms with E-state index in [9.17, 15) is 23.8 Å². The van der Waals surface area contributed by atoms with E-state index < -0.39 is 51.1 Å². The van der Waals surface area contributed by atoms with E-state index in [1.165, 1.54) is 128 Å². The number of carbonyl (C=O) groups excluding carboxylic acids is 2. The molecule has 0 saturated carbocycles. The van der Waals surface area contributed by atoms with Crippen LogP contribution in [0.5, 0.6) is 0 Å². The zero-order chi connectivity index (χ0) is 38.5. The van der Waals surface area contributed by atoms with Gasteiger partial charge in [-0.15, -0.1) is 0 Å². The van der Waals surface area contributed by atoms with E-state index in [1.54, 1.807) is 0 Å². The minimum absolute atomic E-state index is 0.167. The van der Waals surface area contributed by atoms with Gasteiger partial charge in [0.15, 0.2) is 6.10 Å². The Kier molecular flexibility index (Phi) is 35.4. The lowest BCUT2D eigenvalue weighted by atomic mass is 10.0. The number of carboxylic acid groups (broad SMARTS) is 1. The number of phosphoric acid groups is 1. The molecule has 0 rings (SSSR count). The molecule has 0 aromatic carbocycles.